The molecule has 0 bridgehead atoms. The minimum Gasteiger partial charge on any atom is -0.476 e. The molecule has 0 spiro atoms. The fourth-order valence-electron chi connectivity index (χ4n) is 2.41. The quantitative estimate of drug-likeness (QED) is 0.799. The monoisotopic (exact) mass is 308 g/mol. The Morgan fingerprint density at radius 2 is 2.14 bits per heavy atom. The zero-order valence-electron chi connectivity index (χ0n) is 13.1. The Hall–Kier alpha value is -1.06. The minimum atomic E-state index is 0.445. The lowest BCUT2D eigenvalue weighted by Crippen LogP contribution is -2.22. The number of nitrogens with one attached hydrogen (secondary N) is 1. The Bertz CT molecular complexity index is 488. The van der Waals surface area contributed by atoms with Crippen LogP contribution in [0.4, 0.5) is 0 Å². The van der Waals surface area contributed by atoms with Gasteiger partial charge in [-0.25, -0.2) is 4.98 Å². The summed E-state index contributed by atoms with van der Waals surface area (Å²) in [6.07, 6.45) is 8.54. The number of halogens is 1. The van der Waals surface area contributed by atoms with E-state index in [1.807, 2.05) is 12.3 Å². The maximum Gasteiger partial charge on any atom is 0.232 e. The molecule has 0 radical (unpaired) electrons. The van der Waals surface area contributed by atoms with Gasteiger partial charge in [-0.2, -0.15) is 0 Å². The van der Waals surface area contributed by atoms with E-state index in [2.05, 4.69) is 43.2 Å². The summed E-state index contributed by atoms with van der Waals surface area (Å²) in [5.41, 5.74) is 1.08. The fraction of sp³-hybridized carbons (Fsp3) is 0.588. The predicted octanol–water partition coefficient (Wildman–Crippen LogP) is 4.21. The molecule has 0 saturated carbocycles. The summed E-state index contributed by atoms with van der Waals surface area (Å²) >= 11 is 6.27. The summed E-state index contributed by atoms with van der Waals surface area (Å²) in [5.74, 6) is 1.75. The van der Waals surface area contributed by atoms with Gasteiger partial charge < -0.3 is 10.1 Å². The van der Waals surface area contributed by atoms with Crippen LogP contribution in [0, 0.1) is 11.8 Å². The summed E-state index contributed by atoms with van der Waals surface area (Å²) in [4.78, 5) is 4.35. The van der Waals surface area contributed by atoms with Crippen LogP contribution in [-0.4, -0.2) is 17.6 Å². The fourth-order valence-corrected chi connectivity index (χ4v) is 2.66. The van der Waals surface area contributed by atoms with Gasteiger partial charge in [-0.3, -0.25) is 0 Å². The van der Waals surface area contributed by atoms with Crippen molar-refractivity contribution in [2.45, 2.75) is 46.2 Å². The molecule has 0 amide bonds. The molecule has 0 saturated heterocycles. The molecule has 2 unspecified atom stereocenters. The summed E-state index contributed by atoms with van der Waals surface area (Å²) in [6, 6.07) is 2.38. The van der Waals surface area contributed by atoms with Crippen molar-refractivity contribution in [3.05, 3.63) is 35.0 Å². The van der Waals surface area contributed by atoms with Gasteiger partial charge in [0.05, 0.1) is 6.61 Å². The smallest absolute Gasteiger partial charge is 0.232 e. The summed E-state index contributed by atoms with van der Waals surface area (Å²) in [7, 11) is 0. The van der Waals surface area contributed by atoms with Crippen LogP contribution in [0.2, 0.25) is 5.02 Å². The molecular formula is C17H25ClN2O. The first-order valence-electron chi connectivity index (χ1n) is 7.72. The number of allylic oxidation sites excluding steroid dienone is 2. The van der Waals surface area contributed by atoms with Crippen molar-refractivity contribution in [3.63, 3.8) is 0 Å². The van der Waals surface area contributed by atoms with E-state index in [0.29, 0.717) is 35.4 Å². The largest absolute Gasteiger partial charge is 0.476 e. The molecule has 1 N–H and O–H groups in total. The number of nitrogens with zero attached hydrogens (tertiary/aromatic N) is 1. The number of aromatic nitrogens is 1. The zero-order chi connectivity index (χ0) is 15.2. The van der Waals surface area contributed by atoms with Crippen molar-refractivity contribution in [1.82, 2.24) is 10.3 Å². The van der Waals surface area contributed by atoms with Crippen molar-refractivity contribution in [3.8, 4) is 5.88 Å². The van der Waals surface area contributed by atoms with Crippen LogP contribution < -0.4 is 10.1 Å². The zero-order valence-corrected chi connectivity index (χ0v) is 13.9. The van der Waals surface area contributed by atoms with Gasteiger partial charge in [0.1, 0.15) is 5.02 Å². The summed E-state index contributed by atoms with van der Waals surface area (Å²) in [6.45, 7) is 7.96. The van der Waals surface area contributed by atoms with E-state index in [-0.39, 0.29) is 0 Å². The highest BCUT2D eigenvalue weighted by Crippen LogP contribution is 2.28. The lowest BCUT2D eigenvalue weighted by atomic mass is 9.85. The maximum absolute atomic E-state index is 6.27. The van der Waals surface area contributed by atoms with Gasteiger partial charge in [-0.1, -0.05) is 44.5 Å². The first kappa shape index (κ1) is 16.3. The van der Waals surface area contributed by atoms with Crippen molar-refractivity contribution in [1.29, 1.82) is 0 Å². The highest BCUT2D eigenvalue weighted by Gasteiger charge is 2.19. The average Bonchev–Trinajstić information content (AvgIpc) is 2.45. The molecular weight excluding hydrogens is 284 g/mol. The van der Waals surface area contributed by atoms with Gasteiger partial charge in [0.2, 0.25) is 5.88 Å². The van der Waals surface area contributed by atoms with Crippen LogP contribution in [0.15, 0.2) is 24.4 Å². The van der Waals surface area contributed by atoms with E-state index < -0.39 is 0 Å². The van der Waals surface area contributed by atoms with E-state index in [1.165, 1.54) is 0 Å². The molecule has 3 nitrogen and oxygen atoms in total. The number of hydrogen-bond donors (Lipinski definition) is 1. The standard InChI is InChI=1S/C17H25ClN2O/c1-12(2)19-9-14-8-16(18)17(20-10-14)21-11-15-7-5-4-6-13(15)3/h4-5,8,10,12-13,15,19H,6-7,9,11H2,1-3H3. The molecule has 2 rings (SSSR count). The Labute approximate surface area is 132 Å². The van der Waals surface area contributed by atoms with Gasteiger partial charge in [0.25, 0.3) is 0 Å². The van der Waals surface area contributed by atoms with Crippen molar-refractivity contribution in [2.24, 2.45) is 11.8 Å². The van der Waals surface area contributed by atoms with Gasteiger partial charge in [-0.05, 0) is 36.3 Å². The first-order valence-corrected chi connectivity index (χ1v) is 8.09. The van der Waals surface area contributed by atoms with Crippen LogP contribution in [0.25, 0.3) is 0 Å². The lowest BCUT2D eigenvalue weighted by Gasteiger charge is -2.25. The van der Waals surface area contributed by atoms with Crippen LogP contribution in [-0.2, 0) is 6.54 Å². The number of pyridine rings is 1. The Kier molecular flexibility index (Phi) is 6.07. The molecule has 1 aliphatic rings. The molecule has 0 aliphatic heterocycles. The molecule has 1 heterocycles. The molecule has 1 aromatic rings. The van der Waals surface area contributed by atoms with E-state index in [4.69, 9.17) is 16.3 Å². The van der Waals surface area contributed by atoms with Gasteiger partial charge in [0, 0.05) is 18.8 Å². The minimum absolute atomic E-state index is 0.445. The van der Waals surface area contributed by atoms with E-state index in [0.717, 1.165) is 24.9 Å². The SMILES string of the molecule is CC(C)NCc1cnc(OCC2CC=CCC2C)c(Cl)c1. The number of ether oxygens (including phenoxy) is 1. The van der Waals surface area contributed by atoms with Crippen LogP contribution in [0.1, 0.15) is 39.2 Å². The normalized spacial score (nSPS) is 21.8. The topological polar surface area (TPSA) is 34.2 Å². The average molecular weight is 309 g/mol. The van der Waals surface area contributed by atoms with Crippen molar-refractivity contribution >= 4 is 11.6 Å². The Morgan fingerprint density at radius 3 is 2.81 bits per heavy atom. The van der Waals surface area contributed by atoms with Crippen LogP contribution in [0.3, 0.4) is 0 Å². The second kappa shape index (κ2) is 7.81. The molecule has 2 atom stereocenters. The molecule has 0 fully saturated rings. The molecule has 1 aromatic heterocycles. The summed E-state index contributed by atoms with van der Waals surface area (Å²) < 4.78 is 5.83. The van der Waals surface area contributed by atoms with Crippen molar-refractivity contribution in [2.75, 3.05) is 6.61 Å². The van der Waals surface area contributed by atoms with Gasteiger partial charge in [0.15, 0.2) is 0 Å². The third-order valence-electron chi connectivity index (χ3n) is 3.93. The van der Waals surface area contributed by atoms with E-state index in [9.17, 15) is 0 Å². The second-order valence-corrected chi connectivity index (χ2v) is 6.56. The summed E-state index contributed by atoms with van der Waals surface area (Å²) in [5, 5.41) is 3.95. The van der Waals surface area contributed by atoms with E-state index >= 15 is 0 Å². The van der Waals surface area contributed by atoms with Gasteiger partial charge >= 0.3 is 0 Å². The number of rotatable bonds is 6. The van der Waals surface area contributed by atoms with Crippen LogP contribution >= 0.6 is 11.6 Å². The Balaban J connectivity index is 1.90. The Morgan fingerprint density at radius 1 is 1.38 bits per heavy atom. The highest BCUT2D eigenvalue weighted by atomic mass is 35.5. The number of hydrogen-bond acceptors (Lipinski definition) is 3. The van der Waals surface area contributed by atoms with Crippen LogP contribution in [0.5, 0.6) is 5.88 Å². The second-order valence-electron chi connectivity index (χ2n) is 6.16. The molecule has 21 heavy (non-hydrogen) atoms. The third kappa shape index (κ3) is 5.01. The van der Waals surface area contributed by atoms with Crippen molar-refractivity contribution < 1.29 is 4.74 Å². The molecule has 4 heteroatoms. The third-order valence-corrected chi connectivity index (χ3v) is 4.20. The lowest BCUT2D eigenvalue weighted by molar-refractivity contribution is 0.193. The predicted molar refractivity (Wildman–Crippen MR) is 87.7 cm³/mol. The molecule has 116 valence electrons. The highest BCUT2D eigenvalue weighted by molar-refractivity contribution is 6.31. The molecule has 0 aromatic carbocycles. The van der Waals surface area contributed by atoms with Gasteiger partial charge in [-0.15, -0.1) is 0 Å². The van der Waals surface area contributed by atoms with E-state index in [1.54, 1.807) is 0 Å². The maximum atomic E-state index is 6.27. The first-order chi connectivity index (χ1) is 10.1. The molecule has 1 aliphatic carbocycles.